The van der Waals surface area contributed by atoms with Gasteiger partial charge >= 0.3 is 0 Å². The first-order valence-corrected chi connectivity index (χ1v) is 8.05. The van der Waals surface area contributed by atoms with Crippen molar-refractivity contribution >= 4 is 17.2 Å². The van der Waals surface area contributed by atoms with E-state index in [0.717, 1.165) is 22.8 Å². The highest BCUT2D eigenvalue weighted by atomic mass is 32.1. The second-order valence-electron chi connectivity index (χ2n) is 5.51. The maximum absolute atomic E-state index is 12.6. The van der Waals surface area contributed by atoms with Crippen LogP contribution in [0.1, 0.15) is 34.8 Å². The molecular formula is C16H22N2O2S. The summed E-state index contributed by atoms with van der Waals surface area (Å²) in [6, 6.07) is 4.48. The van der Waals surface area contributed by atoms with Gasteiger partial charge in [-0.3, -0.25) is 9.69 Å². The number of aliphatic hydroxyl groups excluding tert-OH is 1. The van der Waals surface area contributed by atoms with Gasteiger partial charge in [0.15, 0.2) is 0 Å². The highest BCUT2D eigenvalue weighted by Crippen LogP contribution is 2.21. The van der Waals surface area contributed by atoms with Gasteiger partial charge in [0.25, 0.3) is 5.91 Å². The summed E-state index contributed by atoms with van der Waals surface area (Å²) in [5.74, 6) is 5.96. The van der Waals surface area contributed by atoms with Gasteiger partial charge in [0.2, 0.25) is 0 Å². The molecule has 5 heteroatoms. The highest BCUT2D eigenvalue weighted by molar-refractivity contribution is 7.14. The van der Waals surface area contributed by atoms with Gasteiger partial charge in [0.05, 0.1) is 16.4 Å². The quantitative estimate of drug-likeness (QED) is 0.845. The monoisotopic (exact) mass is 306 g/mol. The third-order valence-electron chi connectivity index (χ3n) is 3.91. The predicted molar refractivity (Wildman–Crippen MR) is 85.5 cm³/mol. The molecule has 2 atom stereocenters. The zero-order chi connectivity index (χ0) is 15.4. The Labute approximate surface area is 130 Å². The lowest BCUT2D eigenvalue weighted by Gasteiger charge is -2.42. The van der Waals surface area contributed by atoms with Crippen LogP contribution in [-0.4, -0.2) is 59.6 Å². The summed E-state index contributed by atoms with van der Waals surface area (Å²) >= 11 is 1.43. The van der Waals surface area contributed by atoms with Crippen molar-refractivity contribution in [1.82, 2.24) is 9.80 Å². The van der Waals surface area contributed by atoms with E-state index in [2.05, 4.69) is 37.6 Å². The van der Waals surface area contributed by atoms with E-state index in [4.69, 9.17) is 5.11 Å². The summed E-state index contributed by atoms with van der Waals surface area (Å²) in [5.41, 5.74) is 0. The van der Waals surface area contributed by atoms with E-state index >= 15 is 0 Å². The summed E-state index contributed by atoms with van der Waals surface area (Å²) in [7, 11) is 2.11. The number of rotatable bonds is 2. The van der Waals surface area contributed by atoms with Crippen molar-refractivity contribution in [2.24, 2.45) is 0 Å². The van der Waals surface area contributed by atoms with Crippen molar-refractivity contribution in [2.45, 2.75) is 32.4 Å². The summed E-state index contributed by atoms with van der Waals surface area (Å²) < 4.78 is 0. The minimum Gasteiger partial charge on any atom is -0.395 e. The van der Waals surface area contributed by atoms with Gasteiger partial charge in [0.1, 0.15) is 0 Å². The maximum atomic E-state index is 12.6. The Morgan fingerprint density at radius 2 is 2.05 bits per heavy atom. The number of amides is 1. The minimum absolute atomic E-state index is 0.0707. The second-order valence-corrected chi connectivity index (χ2v) is 6.60. The minimum atomic E-state index is 0.0707. The lowest BCUT2D eigenvalue weighted by atomic mass is 10.1. The van der Waals surface area contributed by atoms with Crippen LogP contribution in [0.15, 0.2) is 12.1 Å². The summed E-state index contributed by atoms with van der Waals surface area (Å²) in [4.78, 5) is 18.4. The number of hydrogen-bond donors (Lipinski definition) is 1. The number of carbonyl (C=O) groups excluding carboxylic acids is 1. The van der Waals surface area contributed by atoms with Crippen molar-refractivity contribution in [2.75, 3.05) is 26.7 Å². The Hall–Kier alpha value is -1.35. The van der Waals surface area contributed by atoms with Crippen LogP contribution in [0.5, 0.6) is 0 Å². The van der Waals surface area contributed by atoms with E-state index in [1.54, 1.807) is 0 Å². The molecule has 1 aliphatic heterocycles. The normalized spacial score (nSPS) is 22.8. The molecule has 4 nitrogen and oxygen atoms in total. The molecule has 114 valence electrons. The lowest BCUT2D eigenvalue weighted by Crippen LogP contribution is -2.56. The van der Waals surface area contributed by atoms with Crippen LogP contribution >= 0.6 is 11.3 Å². The fraction of sp³-hybridized carbons (Fsp3) is 0.562. The van der Waals surface area contributed by atoms with E-state index in [9.17, 15) is 4.79 Å². The highest BCUT2D eigenvalue weighted by Gasteiger charge is 2.30. The Kier molecular flexibility index (Phi) is 5.40. The number of nitrogens with zero attached hydrogens (tertiary/aromatic N) is 2. The number of aliphatic hydroxyl groups is 1. The van der Waals surface area contributed by atoms with Crippen molar-refractivity contribution in [3.63, 3.8) is 0 Å². The SMILES string of the molecule is CC1CN(C(=O)c2ccc(C#CCCO)s2)CC(C)N1C. The van der Waals surface area contributed by atoms with Crippen LogP contribution in [0, 0.1) is 11.8 Å². The Balaban J connectivity index is 2.05. The van der Waals surface area contributed by atoms with E-state index in [0.29, 0.717) is 18.5 Å². The maximum Gasteiger partial charge on any atom is 0.264 e. The van der Waals surface area contributed by atoms with E-state index in [1.807, 2.05) is 17.0 Å². The molecule has 21 heavy (non-hydrogen) atoms. The van der Waals surface area contributed by atoms with Gasteiger partial charge in [-0.05, 0) is 33.0 Å². The molecular weight excluding hydrogens is 284 g/mol. The van der Waals surface area contributed by atoms with Gasteiger partial charge in [0, 0.05) is 31.6 Å². The fourth-order valence-corrected chi connectivity index (χ4v) is 3.30. The van der Waals surface area contributed by atoms with Crippen LogP contribution in [0.2, 0.25) is 0 Å². The summed E-state index contributed by atoms with van der Waals surface area (Å²) in [5, 5.41) is 8.72. The van der Waals surface area contributed by atoms with Crippen LogP contribution in [0.4, 0.5) is 0 Å². The number of likely N-dealkylation sites (N-methyl/N-ethyl adjacent to an activating group) is 1. The van der Waals surface area contributed by atoms with Crippen LogP contribution < -0.4 is 0 Å². The Morgan fingerprint density at radius 3 is 2.67 bits per heavy atom. The number of carbonyl (C=O) groups is 1. The molecule has 0 radical (unpaired) electrons. The second kappa shape index (κ2) is 7.08. The molecule has 0 bridgehead atoms. The molecule has 0 saturated carbocycles. The average Bonchev–Trinajstić information content (AvgIpc) is 2.92. The number of piperazine rings is 1. The van der Waals surface area contributed by atoms with Gasteiger partial charge in [-0.15, -0.1) is 11.3 Å². The molecule has 1 aliphatic rings. The van der Waals surface area contributed by atoms with Gasteiger partial charge in [-0.25, -0.2) is 0 Å². The van der Waals surface area contributed by atoms with Gasteiger partial charge in [-0.2, -0.15) is 0 Å². The summed E-state index contributed by atoms with van der Waals surface area (Å²) in [6.45, 7) is 5.90. The summed E-state index contributed by atoms with van der Waals surface area (Å²) in [6.07, 6.45) is 0.467. The van der Waals surface area contributed by atoms with Crippen molar-refractivity contribution in [3.05, 3.63) is 21.9 Å². The van der Waals surface area contributed by atoms with E-state index < -0.39 is 0 Å². The van der Waals surface area contributed by atoms with E-state index in [-0.39, 0.29) is 12.5 Å². The molecule has 0 aliphatic carbocycles. The van der Waals surface area contributed by atoms with Crippen molar-refractivity contribution in [1.29, 1.82) is 0 Å². The average molecular weight is 306 g/mol. The van der Waals surface area contributed by atoms with Crippen molar-refractivity contribution in [3.8, 4) is 11.8 Å². The van der Waals surface area contributed by atoms with Crippen LogP contribution in [0.25, 0.3) is 0 Å². The Bertz CT molecular complexity index is 546. The molecule has 1 aromatic rings. The van der Waals surface area contributed by atoms with Crippen molar-refractivity contribution < 1.29 is 9.90 Å². The zero-order valence-electron chi connectivity index (χ0n) is 12.8. The topological polar surface area (TPSA) is 43.8 Å². The van der Waals surface area contributed by atoms with Gasteiger partial charge in [-0.1, -0.05) is 11.8 Å². The van der Waals surface area contributed by atoms with E-state index in [1.165, 1.54) is 11.3 Å². The molecule has 0 spiro atoms. The zero-order valence-corrected chi connectivity index (χ0v) is 13.6. The standard InChI is InChI=1S/C16H22N2O2S/c1-12-10-18(11-13(2)17(12)3)16(20)15-8-7-14(21-15)6-4-5-9-19/h7-8,12-13,19H,5,9-11H2,1-3H3. The Morgan fingerprint density at radius 1 is 1.38 bits per heavy atom. The van der Waals surface area contributed by atoms with Gasteiger partial charge < -0.3 is 10.0 Å². The molecule has 1 amide bonds. The molecule has 1 saturated heterocycles. The number of thiophene rings is 1. The first-order chi connectivity index (χ1) is 10.0. The molecule has 1 aromatic heterocycles. The first kappa shape index (κ1) is 16.0. The molecule has 2 rings (SSSR count). The van der Waals surface area contributed by atoms with Crippen LogP contribution in [-0.2, 0) is 0 Å². The first-order valence-electron chi connectivity index (χ1n) is 7.23. The third-order valence-corrected chi connectivity index (χ3v) is 4.90. The fourth-order valence-electron chi connectivity index (χ4n) is 2.45. The smallest absolute Gasteiger partial charge is 0.264 e. The molecule has 2 unspecified atom stereocenters. The molecule has 1 N–H and O–H groups in total. The largest absolute Gasteiger partial charge is 0.395 e. The lowest BCUT2D eigenvalue weighted by molar-refractivity contribution is 0.0418. The predicted octanol–water partition coefficient (Wildman–Crippen LogP) is 1.65. The number of hydrogen-bond acceptors (Lipinski definition) is 4. The molecule has 1 fully saturated rings. The molecule has 2 heterocycles. The molecule has 0 aromatic carbocycles. The third kappa shape index (κ3) is 3.85. The van der Waals surface area contributed by atoms with Crippen LogP contribution in [0.3, 0.4) is 0 Å².